The van der Waals surface area contributed by atoms with Crippen molar-refractivity contribution in [1.82, 2.24) is 5.32 Å². The number of anilines is 1. The molecule has 2 amide bonds. The second-order valence-corrected chi connectivity index (χ2v) is 11.1. The van der Waals surface area contributed by atoms with Crippen LogP contribution < -0.4 is 15.4 Å². The monoisotopic (exact) mass is 504 g/mol. The number of rotatable bonds is 5. The van der Waals surface area contributed by atoms with Gasteiger partial charge in [0.2, 0.25) is 10.0 Å². The molecule has 3 aromatic rings. The summed E-state index contributed by atoms with van der Waals surface area (Å²) in [6.45, 7) is 4.52. The Morgan fingerprint density at radius 3 is 2.47 bits per heavy atom. The van der Waals surface area contributed by atoms with E-state index in [2.05, 4.69) is 23.1 Å². The van der Waals surface area contributed by atoms with E-state index in [4.69, 9.17) is 5.14 Å². The quantitative estimate of drug-likeness (QED) is 0.440. The molecule has 1 fully saturated rings. The van der Waals surface area contributed by atoms with E-state index >= 15 is 0 Å². The van der Waals surface area contributed by atoms with Gasteiger partial charge in [-0.05, 0) is 72.6 Å². The lowest BCUT2D eigenvalue weighted by atomic mass is 9.80. The maximum absolute atomic E-state index is 13.3. The molecule has 0 atom stereocenters. The average molecular weight is 505 g/mol. The van der Waals surface area contributed by atoms with Crippen LogP contribution in [0.1, 0.15) is 36.8 Å². The number of sulfonamides is 1. The summed E-state index contributed by atoms with van der Waals surface area (Å²) in [5.41, 5.74) is 5.21. The molecule has 5 rings (SSSR count). The number of nitrogens with one attached hydrogen (secondary N) is 1. The Morgan fingerprint density at radius 1 is 1.08 bits per heavy atom. The van der Waals surface area contributed by atoms with Crippen LogP contribution in [-0.4, -0.2) is 32.8 Å². The highest BCUT2D eigenvalue weighted by Gasteiger charge is 2.46. The van der Waals surface area contributed by atoms with E-state index in [9.17, 15) is 18.3 Å². The molecule has 1 aliphatic heterocycles. The van der Waals surface area contributed by atoms with Gasteiger partial charge < -0.3 is 10.4 Å². The number of nitrogens with two attached hydrogens (primary N) is 1. The number of fused-ring (bicyclic) bond motifs is 2. The Morgan fingerprint density at radius 2 is 1.81 bits per heavy atom. The Labute approximate surface area is 210 Å². The topological polar surface area (TPSA) is 125 Å². The molecule has 1 heterocycles. The molecular formula is C27H28N4O4S. The number of carbonyl (C=O) groups excluding carboxylic acids is 1. The van der Waals surface area contributed by atoms with Crippen LogP contribution in [0, 0.1) is 0 Å². The highest BCUT2D eigenvalue weighted by molar-refractivity contribution is 7.89. The van der Waals surface area contributed by atoms with Crippen molar-refractivity contribution in [3.63, 3.8) is 0 Å². The first-order chi connectivity index (χ1) is 17.2. The molecule has 8 nitrogen and oxygen atoms in total. The van der Waals surface area contributed by atoms with Gasteiger partial charge in [-0.15, -0.1) is 0 Å². The van der Waals surface area contributed by atoms with E-state index in [0.717, 1.165) is 53.6 Å². The lowest BCUT2D eigenvalue weighted by Crippen LogP contribution is -2.41. The molecule has 0 bridgehead atoms. The van der Waals surface area contributed by atoms with E-state index in [1.807, 2.05) is 23.1 Å². The summed E-state index contributed by atoms with van der Waals surface area (Å²) >= 11 is 0. The van der Waals surface area contributed by atoms with Gasteiger partial charge in [0, 0.05) is 35.8 Å². The molecule has 1 saturated carbocycles. The number of primary sulfonamides is 1. The van der Waals surface area contributed by atoms with Crippen molar-refractivity contribution in [2.75, 3.05) is 11.4 Å². The number of hydrogen-bond donors (Lipinski definition) is 3. The molecule has 1 spiro atoms. The Kier molecular flexibility index (Phi) is 6.05. The molecule has 3 aromatic carbocycles. The molecule has 0 radical (unpaired) electrons. The standard InChI is InChI=1S/C27H28N4O4S/c1-29-24-15-20(32)7-10-22(24)19-6-11-25-23(14-19)27(12-2-3-13-27)17-31(25)26(33)30-16-18-4-8-21(9-5-18)36(28,34)35/h4-11,14-15,32H,1-3,12-13,16-17H2,(H,30,33)(H2,28,34,35). The SMILES string of the molecule is C=Nc1cc(O)ccc1-c1ccc2c(c1)C1(CCCC1)CN2C(=O)NCc1ccc(S(N)(=O)=O)cc1. The zero-order chi connectivity index (χ0) is 25.5. The van der Waals surface area contributed by atoms with Crippen LogP contribution in [0.3, 0.4) is 0 Å². The van der Waals surface area contributed by atoms with Gasteiger partial charge in [-0.25, -0.2) is 18.4 Å². The van der Waals surface area contributed by atoms with Crippen LogP contribution >= 0.6 is 0 Å². The van der Waals surface area contributed by atoms with Crippen molar-refractivity contribution in [2.24, 2.45) is 10.1 Å². The average Bonchev–Trinajstić information content (AvgIpc) is 3.47. The number of aromatic hydroxyl groups is 1. The summed E-state index contributed by atoms with van der Waals surface area (Å²) in [7, 11) is -3.76. The third kappa shape index (κ3) is 4.36. The first-order valence-corrected chi connectivity index (χ1v) is 13.4. The molecule has 4 N–H and O–H groups in total. The third-order valence-electron chi connectivity index (χ3n) is 7.28. The van der Waals surface area contributed by atoms with Crippen molar-refractivity contribution in [1.29, 1.82) is 0 Å². The fourth-order valence-electron chi connectivity index (χ4n) is 5.46. The lowest BCUT2D eigenvalue weighted by Gasteiger charge is -2.25. The predicted octanol–water partition coefficient (Wildman–Crippen LogP) is 4.58. The fourth-order valence-corrected chi connectivity index (χ4v) is 5.98. The van der Waals surface area contributed by atoms with Gasteiger partial charge in [-0.1, -0.05) is 31.0 Å². The van der Waals surface area contributed by atoms with Gasteiger partial charge in [0.15, 0.2) is 0 Å². The van der Waals surface area contributed by atoms with E-state index < -0.39 is 10.0 Å². The molecule has 0 unspecified atom stereocenters. The maximum Gasteiger partial charge on any atom is 0.322 e. The van der Waals surface area contributed by atoms with Crippen molar-refractivity contribution in [3.05, 3.63) is 71.8 Å². The van der Waals surface area contributed by atoms with Gasteiger partial charge in [0.25, 0.3) is 0 Å². The summed E-state index contributed by atoms with van der Waals surface area (Å²) < 4.78 is 22.9. The van der Waals surface area contributed by atoms with Crippen molar-refractivity contribution in [2.45, 2.75) is 42.5 Å². The summed E-state index contributed by atoms with van der Waals surface area (Å²) in [5.74, 6) is 0.136. The first kappa shape index (κ1) is 24.0. The molecular weight excluding hydrogens is 476 g/mol. The minimum atomic E-state index is -3.76. The second kappa shape index (κ2) is 9.07. The number of hydrogen-bond acceptors (Lipinski definition) is 5. The highest BCUT2D eigenvalue weighted by Crippen LogP contribution is 2.51. The van der Waals surface area contributed by atoms with Crippen LogP contribution in [0.2, 0.25) is 0 Å². The van der Waals surface area contributed by atoms with Gasteiger partial charge in [0.05, 0.1) is 10.6 Å². The molecule has 0 aromatic heterocycles. The molecule has 9 heteroatoms. The third-order valence-corrected chi connectivity index (χ3v) is 8.21. The minimum Gasteiger partial charge on any atom is -0.508 e. The van der Waals surface area contributed by atoms with E-state index in [-0.39, 0.29) is 28.6 Å². The molecule has 2 aliphatic rings. The number of amides is 2. The molecule has 0 saturated heterocycles. The largest absolute Gasteiger partial charge is 0.508 e. The van der Waals surface area contributed by atoms with Crippen LogP contribution in [-0.2, 0) is 22.0 Å². The number of phenols is 1. The zero-order valence-electron chi connectivity index (χ0n) is 19.8. The Balaban J connectivity index is 1.41. The number of nitrogens with zero attached hydrogens (tertiary/aromatic N) is 2. The smallest absolute Gasteiger partial charge is 0.322 e. The fraction of sp³-hybridized carbons (Fsp3) is 0.259. The maximum atomic E-state index is 13.3. The number of aliphatic imine (C=N–C) groups is 1. The van der Waals surface area contributed by atoms with Crippen molar-refractivity contribution < 1.29 is 18.3 Å². The first-order valence-electron chi connectivity index (χ1n) is 11.8. The van der Waals surface area contributed by atoms with Gasteiger partial charge in [0.1, 0.15) is 5.75 Å². The van der Waals surface area contributed by atoms with Crippen LogP contribution in [0.5, 0.6) is 5.75 Å². The zero-order valence-corrected chi connectivity index (χ0v) is 20.6. The number of urea groups is 1. The predicted molar refractivity (Wildman–Crippen MR) is 140 cm³/mol. The van der Waals surface area contributed by atoms with Crippen LogP contribution in [0.4, 0.5) is 16.2 Å². The summed E-state index contributed by atoms with van der Waals surface area (Å²) in [6.07, 6.45) is 4.28. The Hall–Kier alpha value is -3.69. The number of carbonyl (C=O) groups is 1. The summed E-state index contributed by atoms with van der Waals surface area (Å²) in [6, 6.07) is 17.1. The summed E-state index contributed by atoms with van der Waals surface area (Å²) in [4.78, 5) is 19.2. The Bertz CT molecular complexity index is 1450. The lowest BCUT2D eigenvalue weighted by molar-refractivity contribution is 0.245. The van der Waals surface area contributed by atoms with Crippen LogP contribution in [0.25, 0.3) is 11.1 Å². The van der Waals surface area contributed by atoms with Crippen LogP contribution in [0.15, 0.2) is 70.6 Å². The van der Waals surface area contributed by atoms with Gasteiger partial charge in [-0.2, -0.15) is 0 Å². The van der Waals surface area contributed by atoms with Crippen molar-refractivity contribution in [3.8, 4) is 16.9 Å². The van der Waals surface area contributed by atoms with E-state index in [1.54, 1.807) is 24.3 Å². The number of benzene rings is 3. The van der Waals surface area contributed by atoms with Crippen molar-refractivity contribution >= 4 is 34.1 Å². The minimum absolute atomic E-state index is 0.0356. The van der Waals surface area contributed by atoms with Gasteiger partial charge in [-0.3, -0.25) is 9.89 Å². The summed E-state index contributed by atoms with van der Waals surface area (Å²) in [5, 5.41) is 18.0. The highest BCUT2D eigenvalue weighted by atomic mass is 32.2. The van der Waals surface area contributed by atoms with E-state index in [1.165, 1.54) is 12.1 Å². The number of phenolic OH excluding ortho intramolecular Hbond substituents is 1. The van der Waals surface area contributed by atoms with E-state index in [0.29, 0.717) is 12.2 Å². The second-order valence-electron chi connectivity index (χ2n) is 9.51. The molecule has 1 aliphatic carbocycles. The molecule has 186 valence electrons. The normalized spacial score (nSPS) is 16.2. The van der Waals surface area contributed by atoms with Gasteiger partial charge >= 0.3 is 6.03 Å². The molecule has 36 heavy (non-hydrogen) atoms.